The van der Waals surface area contributed by atoms with Crippen LogP contribution >= 0.6 is 0 Å². The lowest BCUT2D eigenvalue weighted by Crippen LogP contribution is -2.68. The van der Waals surface area contributed by atoms with E-state index in [9.17, 15) is 28.8 Å². The zero-order valence-electron chi connectivity index (χ0n) is 21.0. The van der Waals surface area contributed by atoms with E-state index < -0.39 is 59.7 Å². The third-order valence-electron chi connectivity index (χ3n) is 6.28. The molecule has 0 aromatic carbocycles. The van der Waals surface area contributed by atoms with Crippen molar-refractivity contribution in [3.8, 4) is 0 Å². The first-order valence-corrected chi connectivity index (χ1v) is 11.7. The van der Waals surface area contributed by atoms with Crippen LogP contribution in [0.2, 0.25) is 0 Å². The van der Waals surface area contributed by atoms with Gasteiger partial charge < -0.3 is 13.9 Å². The number of ether oxygens (including phenoxy) is 2. The molecule has 2 saturated heterocycles. The second-order valence-electron chi connectivity index (χ2n) is 8.86. The number of furan rings is 2. The predicted octanol–water partition coefficient (Wildman–Crippen LogP) is -0.586. The highest BCUT2D eigenvalue weighted by Gasteiger charge is 2.44. The maximum absolute atomic E-state index is 12.3. The zero-order valence-corrected chi connectivity index (χ0v) is 21.0. The zero-order chi connectivity index (χ0) is 27.3. The summed E-state index contributed by atoms with van der Waals surface area (Å²) in [6.07, 6.45) is 0. The van der Waals surface area contributed by atoms with E-state index in [4.69, 9.17) is 13.9 Å². The number of benzene rings is 1. The number of hydrogen-bond donors (Lipinski definition) is 2. The van der Waals surface area contributed by atoms with Crippen LogP contribution in [0.25, 0.3) is 11.2 Å². The Morgan fingerprint density at radius 3 is 1.43 bits per heavy atom. The first-order valence-electron chi connectivity index (χ1n) is 11.7. The van der Waals surface area contributed by atoms with Crippen molar-refractivity contribution in [2.24, 2.45) is 0 Å². The molecule has 2 aromatic heterocycles. The van der Waals surface area contributed by atoms with Gasteiger partial charge in [-0.25, -0.2) is 0 Å². The lowest BCUT2D eigenvalue weighted by molar-refractivity contribution is -0.156. The highest BCUT2D eigenvalue weighted by atomic mass is 16.5. The summed E-state index contributed by atoms with van der Waals surface area (Å²) in [6.45, 7) is 5.12. The standard InChI is InChI=1S/C18H26N4O8.C6H4O/c1-9(21-5-15(25)19-17(27)13(21)7-29-11(3)23)10(2)22-6-16(26)20-18(28)14(22)8-30-12(4)24;1-2-6-4-3-5(1)7-6/h9-10,13-14H,5-8H2,1-4H3,(H,19,25,27)(H,20,26,28);1-4H. The lowest BCUT2D eigenvalue weighted by atomic mass is 10.0. The second-order valence-corrected chi connectivity index (χ2v) is 8.86. The van der Waals surface area contributed by atoms with Gasteiger partial charge in [0.2, 0.25) is 23.6 Å². The number of carbonyl (C=O) groups is 6. The second kappa shape index (κ2) is 11.9. The van der Waals surface area contributed by atoms with Gasteiger partial charge in [0.15, 0.2) is 0 Å². The van der Waals surface area contributed by atoms with Crippen molar-refractivity contribution >= 4 is 46.7 Å². The first-order chi connectivity index (χ1) is 17.5. The number of nitrogens with one attached hydrogen (secondary N) is 2. The molecule has 4 atom stereocenters. The maximum atomic E-state index is 12.3. The smallest absolute Gasteiger partial charge is 0.302 e. The van der Waals surface area contributed by atoms with Crippen molar-refractivity contribution in [1.29, 1.82) is 0 Å². The van der Waals surface area contributed by atoms with Crippen LogP contribution in [0.1, 0.15) is 27.7 Å². The highest BCUT2D eigenvalue weighted by Crippen LogP contribution is 2.21. The van der Waals surface area contributed by atoms with Gasteiger partial charge in [0.25, 0.3) is 0 Å². The summed E-state index contributed by atoms with van der Waals surface area (Å²) >= 11 is 0. The van der Waals surface area contributed by atoms with Gasteiger partial charge in [0, 0.05) is 25.9 Å². The summed E-state index contributed by atoms with van der Waals surface area (Å²) in [5, 5.41) is 4.42. The van der Waals surface area contributed by atoms with Crippen LogP contribution < -0.4 is 10.6 Å². The highest BCUT2D eigenvalue weighted by molar-refractivity contribution is 6.02. The Bertz CT molecular complexity index is 1060. The van der Waals surface area contributed by atoms with E-state index in [0.717, 1.165) is 11.2 Å². The van der Waals surface area contributed by atoms with E-state index in [1.54, 1.807) is 23.6 Å². The molecule has 2 fully saturated rings. The fraction of sp³-hybridized carbons (Fsp3) is 0.500. The number of hydrogen-bond acceptors (Lipinski definition) is 11. The van der Waals surface area contributed by atoms with Gasteiger partial charge in [0.05, 0.1) is 13.1 Å². The fourth-order valence-electron chi connectivity index (χ4n) is 4.23. The lowest BCUT2D eigenvalue weighted by Gasteiger charge is -2.45. The number of nitrogens with zero attached hydrogens (tertiary/aromatic N) is 2. The van der Waals surface area contributed by atoms with E-state index in [-0.39, 0.29) is 26.3 Å². The molecular weight excluding hydrogens is 488 g/mol. The molecule has 37 heavy (non-hydrogen) atoms. The molecule has 4 unspecified atom stereocenters. The van der Waals surface area contributed by atoms with Crippen LogP contribution in [0.5, 0.6) is 0 Å². The van der Waals surface area contributed by atoms with Gasteiger partial charge >= 0.3 is 11.9 Å². The SMILES string of the molecule is CC(=O)OCC1C(=O)NC(=O)CN1C(C)C(C)N1CC(=O)NC(=O)C1COC(C)=O.c1cc2ccc1o2. The Balaban J connectivity index is 0.000000458. The summed E-state index contributed by atoms with van der Waals surface area (Å²) in [6, 6.07) is 4.99. The average molecular weight is 519 g/mol. The van der Waals surface area contributed by atoms with Crippen molar-refractivity contribution in [3.63, 3.8) is 0 Å². The van der Waals surface area contributed by atoms with Gasteiger partial charge in [-0.1, -0.05) is 0 Å². The molecular formula is C24H30N4O9. The number of fused-ring (bicyclic) bond motifs is 2. The fourth-order valence-corrected chi connectivity index (χ4v) is 4.23. The minimum Gasteiger partial charge on any atom is -0.464 e. The molecule has 4 heterocycles. The van der Waals surface area contributed by atoms with E-state index in [1.165, 1.54) is 13.8 Å². The van der Waals surface area contributed by atoms with Crippen LogP contribution in [0.3, 0.4) is 0 Å². The molecule has 2 aliphatic rings. The Hall–Kier alpha value is -3.84. The molecule has 2 aromatic rings. The third kappa shape index (κ3) is 7.11. The van der Waals surface area contributed by atoms with Crippen LogP contribution in [0.15, 0.2) is 28.7 Å². The Labute approximate surface area is 212 Å². The van der Waals surface area contributed by atoms with Gasteiger partial charge in [0.1, 0.15) is 36.5 Å². The molecule has 0 spiro atoms. The summed E-state index contributed by atoms with van der Waals surface area (Å²) in [5.41, 5.74) is 1.94. The number of esters is 2. The molecule has 2 aliphatic heterocycles. The van der Waals surface area contributed by atoms with E-state index in [2.05, 4.69) is 10.6 Å². The number of carbonyl (C=O) groups excluding carboxylic acids is 6. The largest absolute Gasteiger partial charge is 0.464 e. The number of piperazine rings is 2. The Morgan fingerprint density at radius 1 is 0.811 bits per heavy atom. The van der Waals surface area contributed by atoms with Gasteiger partial charge in [-0.15, -0.1) is 0 Å². The van der Waals surface area contributed by atoms with Crippen molar-refractivity contribution in [2.75, 3.05) is 26.3 Å². The van der Waals surface area contributed by atoms with Crippen LogP contribution in [-0.2, 0) is 38.2 Å². The topological polar surface area (TPSA) is 165 Å². The minimum atomic E-state index is -0.912. The molecule has 2 N–H and O–H groups in total. The minimum absolute atomic E-state index is 0.133. The van der Waals surface area contributed by atoms with Crippen molar-refractivity contribution < 1.29 is 42.7 Å². The molecule has 200 valence electrons. The summed E-state index contributed by atoms with van der Waals surface area (Å²) in [7, 11) is 0. The summed E-state index contributed by atoms with van der Waals surface area (Å²) < 4.78 is 15.0. The van der Waals surface area contributed by atoms with Crippen molar-refractivity contribution in [1.82, 2.24) is 20.4 Å². The molecule has 0 saturated carbocycles. The molecule has 0 aliphatic carbocycles. The molecule has 13 heteroatoms. The van der Waals surface area contributed by atoms with Crippen molar-refractivity contribution in [2.45, 2.75) is 51.9 Å². The Morgan fingerprint density at radius 2 is 1.16 bits per heavy atom. The molecule has 13 nitrogen and oxygen atoms in total. The first kappa shape index (κ1) is 27.7. The molecule has 4 rings (SSSR count). The van der Waals surface area contributed by atoms with Gasteiger partial charge in [-0.05, 0) is 38.1 Å². The molecule has 2 bridgehead atoms. The third-order valence-corrected chi connectivity index (χ3v) is 6.28. The monoisotopic (exact) mass is 518 g/mol. The number of rotatable bonds is 7. The van der Waals surface area contributed by atoms with Gasteiger partial charge in [-0.2, -0.15) is 0 Å². The van der Waals surface area contributed by atoms with Crippen LogP contribution in [0.4, 0.5) is 0 Å². The Kier molecular flexibility index (Phi) is 8.95. The predicted molar refractivity (Wildman–Crippen MR) is 127 cm³/mol. The van der Waals surface area contributed by atoms with Gasteiger partial charge in [-0.3, -0.25) is 49.2 Å². The normalized spacial score (nSPS) is 22.5. The summed E-state index contributed by atoms with van der Waals surface area (Å²) in [4.78, 5) is 74.0. The average Bonchev–Trinajstić information content (AvgIpc) is 3.47. The quantitative estimate of drug-likeness (QED) is 0.356. The van der Waals surface area contributed by atoms with E-state index in [1.807, 2.05) is 24.3 Å². The molecule has 4 amide bonds. The van der Waals surface area contributed by atoms with Crippen LogP contribution in [-0.4, -0.2) is 95.8 Å². The number of amides is 4. The molecule has 0 radical (unpaired) electrons. The van der Waals surface area contributed by atoms with E-state index >= 15 is 0 Å². The van der Waals surface area contributed by atoms with Crippen molar-refractivity contribution in [3.05, 3.63) is 24.3 Å². The van der Waals surface area contributed by atoms with E-state index in [0.29, 0.717) is 0 Å². The maximum Gasteiger partial charge on any atom is 0.302 e. The van der Waals surface area contributed by atoms with Crippen LogP contribution in [0, 0.1) is 0 Å². The number of imide groups is 2. The summed E-state index contributed by atoms with van der Waals surface area (Å²) in [5.74, 6) is -3.37.